The van der Waals surface area contributed by atoms with Crippen molar-refractivity contribution in [1.29, 1.82) is 0 Å². The number of carbonyl (C=O) groups is 2. The van der Waals surface area contributed by atoms with Crippen molar-refractivity contribution in [3.63, 3.8) is 0 Å². The van der Waals surface area contributed by atoms with Crippen LogP contribution in [0.3, 0.4) is 0 Å². The van der Waals surface area contributed by atoms with Crippen LogP contribution in [0.4, 0.5) is 0 Å². The molecule has 13 heavy (non-hydrogen) atoms. The molecule has 0 saturated heterocycles. The molecule has 1 amide bonds. The minimum atomic E-state index is -1.01. The van der Waals surface area contributed by atoms with Crippen molar-refractivity contribution in [2.24, 2.45) is 0 Å². The summed E-state index contributed by atoms with van der Waals surface area (Å²) in [5.41, 5.74) is 0. The summed E-state index contributed by atoms with van der Waals surface area (Å²) in [5.74, 6) is -1.41. The van der Waals surface area contributed by atoms with Crippen LogP contribution in [-0.2, 0) is 14.3 Å². The Bertz CT molecular complexity index is 181. The summed E-state index contributed by atoms with van der Waals surface area (Å²) >= 11 is 0. The molecule has 0 spiro atoms. The molecule has 5 nitrogen and oxygen atoms in total. The molecule has 0 aromatic heterocycles. The second kappa shape index (κ2) is 6.42. The number of ether oxygens (including phenoxy) is 1. The van der Waals surface area contributed by atoms with Gasteiger partial charge in [0.25, 0.3) is 0 Å². The van der Waals surface area contributed by atoms with Crippen molar-refractivity contribution < 1.29 is 19.4 Å². The van der Waals surface area contributed by atoms with E-state index < -0.39 is 17.9 Å². The first kappa shape index (κ1) is 11.9. The zero-order chi connectivity index (χ0) is 10.3. The maximum absolute atomic E-state index is 10.9. The van der Waals surface area contributed by atoms with Gasteiger partial charge in [0, 0.05) is 7.11 Å². The maximum Gasteiger partial charge on any atom is 0.326 e. The molecule has 0 aromatic carbocycles. The lowest BCUT2D eigenvalue weighted by Gasteiger charge is -2.12. The highest BCUT2D eigenvalue weighted by Crippen LogP contribution is 1.96. The van der Waals surface area contributed by atoms with E-state index in [1.165, 1.54) is 7.11 Å². The van der Waals surface area contributed by atoms with E-state index in [1.54, 1.807) is 0 Å². The van der Waals surface area contributed by atoms with E-state index in [4.69, 9.17) is 5.11 Å². The Labute approximate surface area is 77.1 Å². The van der Waals surface area contributed by atoms with E-state index in [0.717, 1.165) is 0 Å². The number of methoxy groups -OCH3 is 1. The highest BCUT2D eigenvalue weighted by molar-refractivity contribution is 5.84. The predicted molar refractivity (Wildman–Crippen MR) is 46.4 cm³/mol. The first-order valence-corrected chi connectivity index (χ1v) is 4.13. The van der Waals surface area contributed by atoms with Gasteiger partial charge in [0.15, 0.2) is 0 Å². The van der Waals surface area contributed by atoms with Crippen LogP contribution < -0.4 is 5.32 Å². The summed E-state index contributed by atoms with van der Waals surface area (Å²) in [7, 11) is 1.38. The summed E-state index contributed by atoms with van der Waals surface area (Å²) in [5, 5.41) is 11.0. The van der Waals surface area contributed by atoms with Crippen molar-refractivity contribution in [3.8, 4) is 0 Å². The van der Waals surface area contributed by atoms with Gasteiger partial charge in [-0.2, -0.15) is 0 Å². The summed E-state index contributed by atoms with van der Waals surface area (Å²) in [6.07, 6.45) is 1.15. The summed E-state index contributed by atoms with van der Waals surface area (Å²) in [4.78, 5) is 21.5. The highest BCUT2D eigenvalue weighted by atomic mass is 16.5. The molecule has 76 valence electrons. The molecule has 0 unspecified atom stereocenters. The van der Waals surface area contributed by atoms with Crippen molar-refractivity contribution in [3.05, 3.63) is 0 Å². The average molecular weight is 189 g/mol. The minimum Gasteiger partial charge on any atom is -0.480 e. The summed E-state index contributed by atoms with van der Waals surface area (Å²) < 4.78 is 4.56. The molecular formula is C8H15NO4. The predicted octanol–water partition coefficient (Wildman–Crippen LogP) is 0.00230. The van der Waals surface area contributed by atoms with Crippen LogP contribution in [0.15, 0.2) is 0 Å². The molecule has 0 aliphatic carbocycles. The first-order chi connectivity index (χ1) is 6.11. The molecule has 0 aliphatic heterocycles. The number of rotatable bonds is 6. The van der Waals surface area contributed by atoms with Gasteiger partial charge >= 0.3 is 5.97 Å². The number of aliphatic carboxylic acids is 1. The van der Waals surface area contributed by atoms with Gasteiger partial charge in [0.1, 0.15) is 12.6 Å². The molecule has 0 aromatic rings. The number of hydrogen-bond acceptors (Lipinski definition) is 3. The Morgan fingerprint density at radius 3 is 2.54 bits per heavy atom. The third-order valence-electron chi connectivity index (χ3n) is 1.49. The van der Waals surface area contributed by atoms with Gasteiger partial charge in [-0.05, 0) is 6.42 Å². The van der Waals surface area contributed by atoms with Gasteiger partial charge in [-0.3, -0.25) is 4.79 Å². The van der Waals surface area contributed by atoms with Gasteiger partial charge < -0.3 is 15.2 Å². The second-order valence-corrected chi connectivity index (χ2v) is 2.68. The number of carboxylic acids is 1. The molecule has 5 heteroatoms. The van der Waals surface area contributed by atoms with Crippen molar-refractivity contribution in [1.82, 2.24) is 5.32 Å². The molecule has 0 aliphatic rings. The Morgan fingerprint density at radius 1 is 1.54 bits per heavy atom. The Hall–Kier alpha value is -1.10. The average Bonchev–Trinajstić information content (AvgIpc) is 2.04. The molecule has 0 saturated carbocycles. The van der Waals surface area contributed by atoms with E-state index in [-0.39, 0.29) is 6.61 Å². The third-order valence-corrected chi connectivity index (χ3v) is 1.49. The Kier molecular flexibility index (Phi) is 5.88. The smallest absolute Gasteiger partial charge is 0.326 e. The molecule has 0 heterocycles. The van der Waals surface area contributed by atoms with E-state index >= 15 is 0 Å². The largest absolute Gasteiger partial charge is 0.480 e. The molecule has 2 N–H and O–H groups in total. The first-order valence-electron chi connectivity index (χ1n) is 4.13. The van der Waals surface area contributed by atoms with Gasteiger partial charge in [0.05, 0.1) is 0 Å². The fourth-order valence-corrected chi connectivity index (χ4v) is 0.913. The SMILES string of the molecule is CCC[C@H](NC(=O)COC)C(=O)O. The summed E-state index contributed by atoms with van der Waals surface area (Å²) in [6.45, 7) is 1.76. The molecule has 0 fully saturated rings. The lowest BCUT2D eigenvalue weighted by Crippen LogP contribution is -2.42. The molecule has 1 atom stereocenters. The molecule has 0 radical (unpaired) electrons. The number of amides is 1. The fraction of sp³-hybridized carbons (Fsp3) is 0.750. The van der Waals surface area contributed by atoms with E-state index in [9.17, 15) is 9.59 Å². The Morgan fingerprint density at radius 2 is 2.15 bits per heavy atom. The maximum atomic E-state index is 10.9. The molecular weight excluding hydrogens is 174 g/mol. The highest BCUT2D eigenvalue weighted by Gasteiger charge is 2.17. The summed E-state index contributed by atoms with van der Waals surface area (Å²) in [6, 6.07) is -0.798. The van der Waals surface area contributed by atoms with Crippen LogP contribution in [0, 0.1) is 0 Å². The molecule has 0 rings (SSSR count). The zero-order valence-corrected chi connectivity index (χ0v) is 7.87. The zero-order valence-electron chi connectivity index (χ0n) is 7.87. The lowest BCUT2D eigenvalue weighted by molar-refractivity contribution is -0.142. The third kappa shape index (κ3) is 5.19. The quantitative estimate of drug-likeness (QED) is 0.616. The fourth-order valence-electron chi connectivity index (χ4n) is 0.913. The van der Waals surface area contributed by atoms with E-state index in [2.05, 4.69) is 10.1 Å². The lowest BCUT2D eigenvalue weighted by atomic mass is 10.2. The van der Waals surface area contributed by atoms with Gasteiger partial charge in [-0.1, -0.05) is 13.3 Å². The van der Waals surface area contributed by atoms with Crippen LogP contribution in [0.2, 0.25) is 0 Å². The van der Waals surface area contributed by atoms with E-state index in [1.807, 2.05) is 6.92 Å². The van der Waals surface area contributed by atoms with Gasteiger partial charge in [-0.25, -0.2) is 4.79 Å². The van der Waals surface area contributed by atoms with Crippen LogP contribution >= 0.6 is 0 Å². The van der Waals surface area contributed by atoms with Crippen molar-refractivity contribution in [2.45, 2.75) is 25.8 Å². The van der Waals surface area contributed by atoms with Crippen LogP contribution in [0.5, 0.6) is 0 Å². The van der Waals surface area contributed by atoms with E-state index in [0.29, 0.717) is 12.8 Å². The number of nitrogens with one attached hydrogen (secondary N) is 1. The molecule has 0 bridgehead atoms. The standard InChI is InChI=1S/C8H15NO4/c1-3-4-6(8(11)12)9-7(10)5-13-2/h6H,3-5H2,1-2H3,(H,9,10)(H,11,12)/t6-/m0/s1. The van der Waals surface area contributed by atoms with Crippen LogP contribution in [-0.4, -0.2) is 36.7 Å². The minimum absolute atomic E-state index is 0.104. The van der Waals surface area contributed by atoms with Crippen LogP contribution in [0.25, 0.3) is 0 Å². The Balaban J connectivity index is 3.94. The van der Waals surface area contributed by atoms with Crippen LogP contribution in [0.1, 0.15) is 19.8 Å². The second-order valence-electron chi connectivity index (χ2n) is 2.68. The van der Waals surface area contributed by atoms with Crippen molar-refractivity contribution in [2.75, 3.05) is 13.7 Å². The normalized spacial score (nSPS) is 12.2. The topological polar surface area (TPSA) is 75.6 Å². The van der Waals surface area contributed by atoms with Gasteiger partial charge in [0.2, 0.25) is 5.91 Å². The number of carboxylic acid groups (broad SMARTS) is 1. The number of carbonyl (C=O) groups excluding carboxylic acids is 1. The monoisotopic (exact) mass is 189 g/mol. The van der Waals surface area contributed by atoms with Crippen molar-refractivity contribution >= 4 is 11.9 Å². The number of hydrogen-bond donors (Lipinski definition) is 2. The van der Waals surface area contributed by atoms with Gasteiger partial charge in [-0.15, -0.1) is 0 Å².